The summed E-state index contributed by atoms with van der Waals surface area (Å²) < 4.78 is 11.7. The Bertz CT molecular complexity index is 1240. The Hall–Kier alpha value is -3.15. The number of nitrogens with zero attached hydrogens (tertiary/aromatic N) is 1. The molecule has 1 saturated heterocycles. The van der Waals surface area contributed by atoms with E-state index in [0.29, 0.717) is 11.5 Å². The van der Waals surface area contributed by atoms with Crippen LogP contribution in [0.3, 0.4) is 0 Å². The van der Waals surface area contributed by atoms with Gasteiger partial charge in [0.2, 0.25) is 0 Å². The van der Waals surface area contributed by atoms with Crippen LogP contribution in [0, 0.1) is 5.92 Å². The minimum Gasteiger partial charge on any atom is -0.497 e. The summed E-state index contributed by atoms with van der Waals surface area (Å²) in [5, 5.41) is 5.59. The van der Waals surface area contributed by atoms with Gasteiger partial charge >= 0.3 is 0 Å². The summed E-state index contributed by atoms with van der Waals surface area (Å²) in [4.78, 5) is 15.9. The Morgan fingerprint density at radius 3 is 2.72 bits per heavy atom. The molecular formula is C31H36N2O3. The molecule has 5 nitrogen and oxygen atoms in total. The number of carbonyl (C=O) groups excluding carboxylic acids is 1. The molecule has 0 bridgehead atoms. The van der Waals surface area contributed by atoms with Crippen molar-refractivity contribution in [3.05, 3.63) is 90.5 Å². The van der Waals surface area contributed by atoms with Crippen LogP contribution in [0.1, 0.15) is 35.2 Å². The maximum absolute atomic E-state index is 13.4. The summed E-state index contributed by atoms with van der Waals surface area (Å²) >= 11 is 0. The van der Waals surface area contributed by atoms with Crippen LogP contribution in [0.5, 0.6) is 5.75 Å². The minimum absolute atomic E-state index is 0.0160. The number of ether oxygens (including phenoxy) is 2. The Labute approximate surface area is 214 Å². The van der Waals surface area contributed by atoms with Gasteiger partial charge in [0.05, 0.1) is 13.2 Å². The maximum Gasteiger partial charge on any atom is 0.251 e. The summed E-state index contributed by atoms with van der Waals surface area (Å²) in [6.45, 7) is 6.77. The van der Waals surface area contributed by atoms with Gasteiger partial charge < -0.3 is 14.8 Å². The molecule has 1 N–H and O–H groups in total. The smallest absolute Gasteiger partial charge is 0.251 e. The number of methoxy groups -OCH3 is 2. The molecule has 0 spiro atoms. The highest BCUT2D eigenvalue weighted by Crippen LogP contribution is 2.50. The number of likely N-dealkylation sites (tertiary alicyclic amines) is 1. The number of hydrogen-bond acceptors (Lipinski definition) is 4. The fourth-order valence-electron chi connectivity index (χ4n) is 6.51. The molecule has 5 rings (SSSR count). The minimum atomic E-state index is -0.105. The molecule has 0 aromatic heterocycles. The van der Waals surface area contributed by atoms with Crippen LogP contribution in [-0.4, -0.2) is 56.8 Å². The van der Waals surface area contributed by atoms with Gasteiger partial charge in [-0.1, -0.05) is 48.5 Å². The zero-order chi connectivity index (χ0) is 25.1. The van der Waals surface area contributed by atoms with E-state index in [1.807, 2.05) is 48.5 Å². The third kappa shape index (κ3) is 4.65. The van der Waals surface area contributed by atoms with Gasteiger partial charge in [-0.3, -0.25) is 9.69 Å². The number of piperidine rings is 1. The van der Waals surface area contributed by atoms with Crippen LogP contribution in [0.2, 0.25) is 0 Å². The van der Waals surface area contributed by atoms with Crippen molar-refractivity contribution in [3.8, 4) is 5.75 Å². The summed E-state index contributed by atoms with van der Waals surface area (Å²) in [6.07, 6.45) is 4.70. The normalized spacial score (nSPS) is 26.2. The molecule has 188 valence electrons. The fourth-order valence-corrected chi connectivity index (χ4v) is 6.51. The van der Waals surface area contributed by atoms with Crippen molar-refractivity contribution in [1.29, 1.82) is 0 Å². The van der Waals surface area contributed by atoms with E-state index >= 15 is 0 Å². The first kappa shape index (κ1) is 24.5. The molecule has 1 unspecified atom stereocenters. The average Bonchev–Trinajstić information content (AvgIpc) is 2.92. The molecule has 3 aromatic rings. The van der Waals surface area contributed by atoms with Crippen molar-refractivity contribution >= 4 is 16.7 Å². The lowest BCUT2D eigenvalue weighted by Crippen LogP contribution is -2.61. The van der Waals surface area contributed by atoms with E-state index in [9.17, 15) is 4.79 Å². The molecule has 1 aliphatic carbocycles. The van der Waals surface area contributed by atoms with Gasteiger partial charge in [-0.05, 0) is 66.4 Å². The summed E-state index contributed by atoms with van der Waals surface area (Å²) in [6, 6.07) is 22.6. The van der Waals surface area contributed by atoms with Crippen LogP contribution < -0.4 is 10.1 Å². The number of fused-ring (bicyclic) bond motifs is 2. The second kappa shape index (κ2) is 10.5. The van der Waals surface area contributed by atoms with Gasteiger partial charge in [-0.15, -0.1) is 6.58 Å². The number of carbonyl (C=O) groups is 1. The van der Waals surface area contributed by atoms with Crippen molar-refractivity contribution in [2.24, 2.45) is 5.92 Å². The van der Waals surface area contributed by atoms with Gasteiger partial charge in [0, 0.05) is 43.1 Å². The van der Waals surface area contributed by atoms with Crippen LogP contribution in [0.25, 0.3) is 10.8 Å². The van der Waals surface area contributed by atoms with Gasteiger partial charge in [0.15, 0.2) is 0 Å². The first-order chi connectivity index (χ1) is 17.6. The van der Waals surface area contributed by atoms with Gasteiger partial charge in [-0.25, -0.2) is 0 Å². The quantitative estimate of drug-likeness (QED) is 0.468. The predicted octanol–water partition coefficient (Wildman–Crippen LogP) is 5.20. The monoisotopic (exact) mass is 484 g/mol. The van der Waals surface area contributed by atoms with Crippen LogP contribution in [0.4, 0.5) is 0 Å². The summed E-state index contributed by atoms with van der Waals surface area (Å²) in [5.74, 6) is 1.16. The number of nitrogens with one attached hydrogen (secondary N) is 1. The lowest BCUT2D eigenvalue weighted by molar-refractivity contribution is -0.0653. The number of amides is 1. The van der Waals surface area contributed by atoms with Gasteiger partial charge in [0.25, 0.3) is 5.91 Å². The zero-order valence-electron chi connectivity index (χ0n) is 21.3. The Balaban J connectivity index is 1.46. The largest absolute Gasteiger partial charge is 0.497 e. The third-order valence-electron chi connectivity index (χ3n) is 8.30. The van der Waals surface area contributed by atoms with Gasteiger partial charge in [-0.2, -0.15) is 0 Å². The summed E-state index contributed by atoms with van der Waals surface area (Å²) in [7, 11) is 3.52. The van der Waals surface area contributed by atoms with E-state index in [0.717, 1.165) is 55.4 Å². The van der Waals surface area contributed by atoms with E-state index in [2.05, 4.69) is 41.1 Å². The molecule has 1 aliphatic heterocycles. The SMILES string of the molecule is C=CCN1CC[C@@]2(c3cccc(OC)c3)C[C@@H](NC(=O)c3ccc4ccccc4c3)CC(OC)[C@@H]2C1. The Morgan fingerprint density at radius 1 is 1.11 bits per heavy atom. The first-order valence-corrected chi connectivity index (χ1v) is 12.9. The number of rotatable bonds is 7. The van der Waals surface area contributed by atoms with Crippen molar-refractivity contribution < 1.29 is 14.3 Å². The summed E-state index contributed by atoms with van der Waals surface area (Å²) in [5.41, 5.74) is 1.87. The average molecular weight is 485 g/mol. The topological polar surface area (TPSA) is 50.8 Å². The zero-order valence-corrected chi connectivity index (χ0v) is 21.3. The van der Waals surface area contributed by atoms with E-state index in [4.69, 9.17) is 9.47 Å². The third-order valence-corrected chi connectivity index (χ3v) is 8.30. The molecule has 1 amide bonds. The number of hydrogen-bond donors (Lipinski definition) is 1. The first-order valence-electron chi connectivity index (χ1n) is 12.9. The van der Waals surface area contributed by atoms with Crippen molar-refractivity contribution in [2.75, 3.05) is 33.9 Å². The van der Waals surface area contributed by atoms with Crippen molar-refractivity contribution in [3.63, 3.8) is 0 Å². The highest BCUT2D eigenvalue weighted by atomic mass is 16.5. The van der Waals surface area contributed by atoms with Crippen LogP contribution >= 0.6 is 0 Å². The van der Waals surface area contributed by atoms with E-state index < -0.39 is 0 Å². The Kier molecular flexibility index (Phi) is 7.13. The van der Waals surface area contributed by atoms with Crippen molar-refractivity contribution in [1.82, 2.24) is 10.2 Å². The highest BCUT2D eigenvalue weighted by molar-refractivity contribution is 5.98. The molecule has 3 aromatic carbocycles. The molecule has 1 saturated carbocycles. The molecule has 1 heterocycles. The van der Waals surface area contributed by atoms with Crippen LogP contribution in [-0.2, 0) is 10.2 Å². The molecule has 36 heavy (non-hydrogen) atoms. The lowest BCUT2D eigenvalue weighted by atomic mass is 9.57. The molecule has 0 radical (unpaired) electrons. The number of benzene rings is 3. The van der Waals surface area contributed by atoms with Crippen molar-refractivity contribution in [2.45, 2.75) is 36.8 Å². The predicted molar refractivity (Wildman–Crippen MR) is 145 cm³/mol. The second-order valence-electron chi connectivity index (χ2n) is 10.2. The molecule has 4 atom stereocenters. The second-order valence-corrected chi connectivity index (χ2v) is 10.2. The molecule has 2 fully saturated rings. The standard InChI is InChI=1S/C31H36N2O3/c1-4-15-33-16-14-31(25-10-7-11-27(18-25)35-2)20-26(19-29(36-3)28(31)21-33)32-30(34)24-13-12-22-8-5-6-9-23(22)17-24/h4-13,17-18,26,28-29H,1,14-16,19-21H2,2-3H3,(H,32,34)/t26-,28-,29?,31-/m0/s1. The van der Waals surface area contributed by atoms with E-state index in [1.54, 1.807) is 14.2 Å². The van der Waals surface area contributed by atoms with Gasteiger partial charge in [0.1, 0.15) is 5.75 Å². The molecular weight excluding hydrogens is 448 g/mol. The molecule has 5 heteroatoms. The molecule has 2 aliphatic rings. The highest BCUT2D eigenvalue weighted by Gasteiger charge is 2.52. The fraction of sp³-hybridized carbons (Fsp3) is 0.387. The van der Waals surface area contributed by atoms with Crippen LogP contribution in [0.15, 0.2) is 79.4 Å². The Morgan fingerprint density at radius 2 is 1.94 bits per heavy atom. The lowest BCUT2D eigenvalue weighted by Gasteiger charge is -2.55. The van der Waals surface area contributed by atoms with E-state index in [-0.39, 0.29) is 23.5 Å². The van der Waals surface area contributed by atoms with E-state index in [1.165, 1.54) is 5.56 Å². The maximum atomic E-state index is 13.4.